The predicted octanol–water partition coefficient (Wildman–Crippen LogP) is 4.44. The number of rotatable bonds is 3. The summed E-state index contributed by atoms with van der Waals surface area (Å²) >= 11 is 0. The van der Waals surface area contributed by atoms with Gasteiger partial charge in [0, 0.05) is 44.0 Å². The van der Waals surface area contributed by atoms with Gasteiger partial charge in [-0.1, -0.05) is 32.6 Å². The van der Waals surface area contributed by atoms with Crippen molar-refractivity contribution in [3.05, 3.63) is 82.6 Å². The van der Waals surface area contributed by atoms with Crippen LogP contribution in [0.4, 0.5) is 20.3 Å². The second-order valence-electron chi connectivity index (χ2n) is 11.0. The lowest BCUT2D eigenvalue weighted by atomic mass is 9.99. The summed E-state index contributed by atoms with van der Waals surface area (Å²) in [6, 6.07) is 7.46. The van der Waals surface area contributed by atoms with Crippen LogP contribution in [-0.2, 0) is 11.2 Å². The van der Waals surface area contributed by atoms with Crippen molar-refractivity contribution in [2.75, 3.05) is 36.4 Å². The SMILES string of the molecule is C=CC(=O)N1CCN(c2nc(=O)n3c4nc(c(F)cc24)-c2c(F)cccc2CCNc2ccnc(C(C)C)c2-3)[C@@H](C)C1. The molecular weight excluding hydrogens is 540 g/mol. The molecule has 1 atom stereocenters. The fourth-order valence-corrected chi connectivity index (χ4v) is 5.95. The van der Waals surface area contributed by atoms with Gasteiger partial charge in [-0.2, -0.15) is 4.98 Å². The van der Waals surface area contributed by atoms with E-state index in [9.17, 15) is 9.59 Å². The van der Waals surface area contributed by atoms with Gasteiger partial charge in [0.25, 0.3) is 0 Å². The minimum Gasteiger partial charge on any atom is -0.383 e. The van der Waals surface area contributed by atoms with E-state index in [1.54, 1.807) is 29.3 Å². The van der Waals surface area contributed by atoms with E-state index in [1.807, 2.05) is 25.7 Å². The average Bonchev–Trinajstić information content (AvgIpc) is 2.99. The highest BCUT2D eigenvalue weighted by molar-refractivity contribution is 5.92. The van der Waals surface area contributed by atoms with Crippen LogP contribution in [0.3, 0.4) is 0 Å². The fraction of sp³-hybridized carbons (Fsp3) is 0.323. The molecule has 1 saturated heterocycles. The van der Waals surface area contributed by atoms with Gasteiger partial charge in [-0.25, -0.2) is 23.1 Å². The summed E-state index contributed by atoms with van der Waals surface area (Å²) in [6.45, 7) is 10.9. The number of pyridine rings is 2. The number of aromatic nitrogens is 4. The second-order valence-corrected chi connectivity index (χ2v) is 11.0. The van der Waals surface area contributed by atoms with E-state index < -0.39 is 17.3 Å². The molecule has 216 valence electrons. The van der Waals surface area contributed by atoms with Crippen LogP contribution in [0, 0.1) is 11.6 Å². The van der Waals surface area contributed by atoms with Crippen LogP contribution in [0.15, 0.2) is 54.0 Å². The first-order valence-electron chi connectivity index (χ1n) is 14.0. The maximum Gasteiger partial charge on any atom is 0.355 e. The van der Waals surface area contributed by atoms with Crippen LogP contribution in [-0.4, -0.2) is 62.5 Å². The summed E-state index contributed by atoms with van der Waals surface area (Å²) < 4.78 is 32.8. The third-order valence-corrected chi connectivity index (χ3v) is 7.96. The maximum absolute atomic E-state index is 16.1. The van der Waals surface area contributed by atoms with Crippen molar-refractivity contribution < 1.29 is 13.6 Å². The van der Waals surface area contributed by atoms with E-state index in [2.05, 4.69) is 21.9 Å². The summed E-state index contributed by atoms with van der Waals surface area (Å²) in [5.74, 6) is -1.32. The number of piperazine rings is 1. The molecular formula is C31H31F2N7O2. The Morgan fingerprint density at radius 2 is 1.98 bits per heavy atom. The first-order valence-corrected chi connectivity index (χ1v) is 14.0. The van der Waals surface area contributed by atoms with Gasteiger partial charge in [-0.05, 0) is 49.1 Å². The van der Waals surface area contributed by atoms with E-state index >= 15 is 8.78 Å². The van der Waals surface area contributed by atoms with E-state index in [0.29, 0.717) is 60.6 Å². The second kappa shape index (κ2) is 10.6. The number of fused-ring (bicyclic) bond motifs is 5. The van der Waals surface area contributed by atoms with Gasteiger partial charge >= 0.3 is 5.69 Å². The molecule has 11 heteroatoms. The van der Waals surface area contributed by atoms with Gasteiger partial charge in [0.15, 0.2) is 5.65 Å². The molecule has 0 spiro atoms. The van der Waals surface area contributed by atoms with Gasteiger partial charge in [-0.15, -0.1) is 0 Å². The zero-order chi connectivity index (χ0) is 29.7. The number of carbonyl (C=O) groups excluding carboxylic acids is 1. The van der Waals surface area contributed by atoms with E-state index in [1.165, 1.54) is 22.8 Å². The minimum absolute atomic E-state index is 0.0640. The van der Waals surface area contributed by atoms with E-state index in [-0.39, 0.29) is 40.6 Å². The first kappa shape index (κ1) is 27.5. The van der Waals surface area contributed by atoms with Crippen LogP contribution in [0.5, 0.6) is 0 Å². The van der Waals surface area contributed by atoms with Crippen molar-refractivity contribution in [3.63, 3.8) is 0 Å². The van der Waals surface area contributed by atoms with Gasteiger partial charge < -0.3 is 15.1 Å². The lowest BCUT2D eigenvalue weighted by Crippen LogP contribution is -2.54. The number of amides is 1. The topological polar surface area (TPSA) is 96.3 Å². The number of benzene rings is 1. The Labute approximate surface area is 241 Å². The zero-order valence-electron chi connectivity index (χ0n) is 23.7. The number of nitrogens with zero attached hydrogens (tertiary/aromatic N) is 6. The van der Waals surface area contributed by atoms with Crippen molar-refractivity contribution in [3.8, 4) is 16.9 Å². The Kier molecular flexibility index (Phi) is 6.96. The van der Waals surface area contributed by atoms with Crippen molar-refractivity contribution in [1.82, 2.24) is 24.4 Å². The Morgan fingerprint density at radius 1 is 1.17 bits per heavy atom. The van der Waals surface area contributed by atoms with Crippen LogP contribution in [0.2, 0.25) is 0 Å². The summed E-state index contributed by atoms with van der Waals surface area (Å²) in [4.78, 5) is 43.7. The molecule has 2 bridgehead atoms. The third kappa shape index (κ3) is 4.49. The maximum atomic E-state index is 16.1. The molecule has 0 aliphatic carbocycles. The lowest BCUT2D eigenvalue weighted by molar-refractivity contribution is -0.126. The highest BCUT2D eigenvalue weighted by Crippen LogP contribution is 2.36. The Balaban J connectivity index is 1.68. The number of nitrogens with one attached hydrogen (secondary N) is 1. The summed E-state index contributed by atoms with van der Waals surface area (Å²) in [6.07, 6.45) is 3.34. The van der Waals surface area contributed by atoms with Gasteiger partial charge in [0.2, 0.25) is 5.91 Å². The number of anilines is 2. The first-order chi connectivity index (χ1) is 20.2. The standard InChI is InChI=1S/C31H31F2N7O2/c1-5-24(41)38-13-14-39(18(4)16-38)29-20-15-22(33)27-25-19(7-6-8-21(25)32)9-11-34-23-10-12-35-26(17(2)3)28(23)40(30(20)36-27)31(42)37-29/h5-8,10,12,15,17-18,34H,1,9,11,13-14,16H2,2-4H3/t18-/m0/s1. The Bertz CT molecular complexity index is 1800. The molecule has 3 aromatic heterocycles. The molecule has 42 heavy (non-hydrogen) atoms. The highest BCUT2D eigenvalue weighted by Gasteiger charge is 2.31. The number of hydrogen-bond acceptors (Lipinski definition) is 7. The molecule has 1 amide bonds. The Hall–Kier alpha value is -4.67. The van der Waals surface area contributed by atoms with Gasteiger partial charge in [-0.3, -0.25) is 9.78 Å². The smallest absolute Gasteiger partial charge is 0.355 e. The molecule has 4 aromatic rings. The molecule has 2 aliphatic heterocycles. The van der Waals surface area contributed by atoms with Crippen molar-refractivity contribution in [2.45, 2.75) is 39.2 Å². The van der Waals surface area contributed by atoms with E-state index in [4.69, 9.17) is 4.98 Å². The monoisotopic (exact) mass is 571 g/mol. The largest absolute Gasteiger partial charge is 0.383 e. The van der Waals surface area contributed by atoms with Crippen molar-refractivity contribution >= 4 is 28.4 Å². The van der Waals surface area contributed by atoms with Crippen LogP contribution in [0.25, 0.3) is 28.0 Å². The van der Waals surface area contributed by atoms with Crippen LogP contribution < -0.4 is 15.9 Å². The molecule has 5 heterocycles. The molecule has 0 unspecified atom stereocenters. The van der Waals surface area contributed by atoms with E-state index in [0.717, 1.165) is 0 Å². The minimum atomic E-state index is -0.724. The summed E-state index contributed by atoms with van der Waals surface area (Å²) in [7, 11) is 0. The molecule has 2 aliphatic rings. The highest BCUT2D eigenvalue weighted by atomic mass is 19.1. The van der Waals surface area contributed by atoms with Crippen LogP contribution >= 0.6 is 0 Å². The number of hydrogen-bond donors (Lipinski definition) is 1. The Morgan fingerprint density at radius 3 is 2.71 bits per heavy atom. The number of carbonyl (C=O) groups is 1. The normalized spacial score (nSPS) is 16.6. The molecule has 1 N–H and O–H groups in total. The molecule has 6 rings (SSSR count). The summed E-state index contributed by atoms with van der Waals surface area (Å²) in [5.41, 5.74) is 1.77. The number of halogens is 2. The molecule has 1 fully saturated rings. The average molecular weight is 572 g/mol. The lowest BCUT2D eigenvalue weighted by Gasteiger charge is -2.40. The zero-order valence-corrected chi connectivity index (χ0v) is 23.7. The third-order valence-electron chi connectivity index (χ3n) is 7.96. The quantitative estimate of drug-likeness (QED) is 0.364. The van der Waals surface area contributed by atoms with Crippen molar-refractivity contribution in [1.29, 1.82) is 0 Å². The predicted molar refractivity (Wildman–Crippen MR) is 158 cm³/mol. The van der Waals surface area contributed by atoms with Gasteiger partial charge in [0.1, 0.15) is 23.1 Å². The van der Waals surface area contributed by atoms with Crippen molar-refractivity contribution in [2.24, 2.45) is 0 Å². The van der Waals surface area contributed by atoms with Gasteiger partial charge in [0.05, 0.1) is 22.5 Å². The molecule has 9 nitrogen and oxygen atoms in total. The molecule has 0 saturated carbocycles. The van der Waals surface area contributed by atoms with Crippen LogP contribution in [0.1, 0.15) is 37.9 Å². The molecule has 1 aromatic carbocycles. The molecule has 0 radical (unpaired) electrons. The fourth-order valence-electron chi connectivity index (χ4n) is 5.95. The summed E-state index contributed by atoms with van der Waals surface area (Å²) in [5, 5.41) is 3.69.